The molecule has 0 spiro atoms. The zero-order valence-corrected chi connectivity index (χ0v) is 20.7. The first-order chi connectivity index (χ1) is 16.7. The lowest BCUT2D eigenvalue weighted by Crippen LogP contribution is -2.41. The topological polar surface area (TPSA) is 85.4 Å². The minimum Gasteiger partial charge on any atom is -0.496 e. The predicted molar refractivity (Wildman–Crippen MR) is 130 cm³/mol. The van der Waals surface area contributed by atoms with Crippen molar-refractivity contribution in [2.24, 2.45) is 0 Å². The Morgan fingerprint density at radius 1 is 0.857 bits per heavy atom. The second-order valence-electron chi connectivity index (χ2n) is 7.54. The Hall–Kier alpha value is -3.79. The summed E-state index contributed by atoms with van der Waals surface area (Å²) < 4.78 is 58.5. The molecule has 3 rings (SSSR count). The maximum atomic E-state index is 14.8. The Kier molecular flexibility index (Phi) is 8.18. The van der Waals surface area contributed by atoms with Crippen LogP contribution in [0.3, 0.4) is 0 Å². The highest BCUT2D eigenvalue weighted by atomic mass is 32.2. The Balaban J connectivity index is 1.98. The van der Waals surface area contributed by atoms with Crippen molar-refractivity contribution in [3.63, 3.8) is 0 Å². The van der Waals surface area contributed by atoms with Crippen LogP contribution >= 0.6 is 0 Å². The number of hydrogen-bond acceptors (Lipinski definition) is 6. The molecule has 0 aromatic heterocycles. The first kappa shape index (κ1) is 25.8. The standard InChI is InChI=1S/C25H27FN2O6S/c1-27(16-18-9-5-8-12-22(18)32-2)25(29)17-28(21-11-7-6-10-20(21)26)35(30,31)19-13-14-23(33-3)24(15-19)34-4/h5-15H,16-17H2,1-4H3. The highest BCUT2D eigenvalue weighted by Gasteiger charge is 2.31. The number of para-hydroxylation sites is 2. The molecule has 0 fully saturated rings. The summed E-state index contributed by atoms with van der Waals surface area (Å²) in [5.74, 6) is -0.214. The van der Waals surface area contributed by atoms with E-state index in [0.717, 1.165) is 15.9 Å². The normalized spacial score (nSPS) is 11.0. The van der Waals surface area contributed by atoms with E-state index in [1.54, 1.807) is 18.2 Å². The highest BCUT2D eigenvalue weighted by Crippen LogP contribution is 2.33. The van der Waals surface area contributed by atoms with E-state index in [1.165, 1.54) is 69.7 Å². The zero-order valence-electron chi connectivity index (χ0n) is 19.9. The summed E-state index contributed by atoms with van der Waals surface area (Å²) in [4.78, 5) is 14.3. The van der Waals surface area contributed by atoms with Gasteiger partial charge < -0.3 is 19.1 Å². The van der Waals surface area contributed by atoms with E-state index in [4.69, 9.17) is 14.2 Å². The van der Waals surface area contributed by atoms with Crippen LogP contribution in [0.15, 0.2) is 71.6 Å². The molecule has 0 bridgehead atoms. The quantitative estimate of drug-likeness (QED) is 0.420. The number of ether oxygens (including phenoxy) is 3. The maximum absolute atomic E-state index is 14.8. The molecular weight excluding hydrogens is 475 g/mol. The zero-order chi connectivity index (χ0) is 25.6. The van der Waals surface area contributed by atoms with Gasteiger partial charge in [-0.15, -0.1) is 0 Å². The van der Waals surface area contributed by atoms with Crippen molar-refractivity contribution in [3.05, 3.63) is 78.1 Å². The molecule has 3 aromatic rings. The number of halogens is 1. The first-order valence-corrected chi connectivity index (χ1v) is 12.0. The van der Waals surface area contributed by atoms with Gasteiger partial charge in [0.05, 0.1) is 31.9 Å². The van der Waals surface area contributed by atoms with E-state index >= 15 is 0 Å². The average Bonchev–Trinajstić information content (AvgIpc) is 2.87. The number of hydrogen-bond donors (Lipinski definition) is 0. The van der Waals surface area contributed by atoms with Gasteiger partial charge >= 0.3 is 0 Å². The van der Waals surface area contributed by atoms with Crippen molar-refractivity contribution in [1.29, 1.82) is 0 Å². The molecular formula is C25H27FN2O6S. The van der Waals surface area contributed by atoms with E-state index in [9.17, 15) is 17.6 Å². The van der Waals surface area contributed by atoms with Crippen LogP contribution in [0.2, 0.25) is 0 Å². The molecule has 10 heteroatoms. The number of amides is 1. The summed E-state index contributed by atoms with van der Waals surface area (Å²) in [5, 5.41) is 0. The van der Waals surface area contributed by atoms with Crippen LogP contribution in [0.5, 0.6) is 17.2 Å². The molecule has 1 amide bonds. The van der Waals surface area contributed by atoms with Gasteiger partial charge in [-0.2, -0.15) is 0 Å². The summed E-state index contributed by atoms with van der Waals surface area (Å²) in [6.07, 6.45) is 0. The van der Waals surface area contributed by atoms with Crippen LogP contribution in [0.25, 0.3) is 0 Å². The lowest BCUT2D eigenvalue weighted by Gasteiger charge is -2.27. The van der Waals surface area contributed by atoms with E-state index < -0.39 is 28.3 Å². The molecule has 0 saturated carbocycles. The Morgan fingerprint density at radius 3 is 2.14 bits per heavy atom. The minimum atomic E-state index is -4.36. The molecule has 35 heavy (non-hydrogen) atoms. The summed E-state index contributed by atoms with van der Waals surface area (Å²) in [5.41, 5.74) is 0.493. The largest absolute Gasteiger partial charge is 0.496 e. The molecule has 0 N–H and O–H groups in total. The number of methoxy groups -OCH3 is 3. The van der Waals surface area contributed by atoms with E-state index in [-0.39, 0.29) is 22.9 Å². The summed E-state index contributed by atoms with van der Waals surface area (Å²) in [7, 11) is 1.50. The molecule has 0 saturated heterocycles. The van der Waals surface area contributed by atoms with Crippen LogP contribution in [-0.2, 0) is 21.4 Å². The molecule has 0 radical (unpaired) electrons. The molecule has 186 valence electrons. The lowest BCUT2D eigenvalue weighted by atomic mass is 10.2. The van der Waals surface area contributed by atoms with Crippen LogP contribution in [0.4, 0.5) is 10.1 Å². The van der Waals surface area contributed by atoms with Gasteiger partial charge in [-0.25, -0.2) is 12.8 Å². The molecule has 8 nitrogen and oxygen atoms in total. The molecule has 0 atom stereocenters. The van der Waals surface area contributed by atoms with Gasteiger partial charge in [0.2, 0.25) is 5.91 Å². The number of carbonyl (C=O) groups excluding carboxylic acids is 1. The van der Waals surface area contributed by atoms with E-state index in [1.807, 2.05) is 6.07 Å². The third-order valence-corrected chi connectivity index (χ3v) is 7.12. The van der Waals surface area contributed by atoms with Gasteiger partial charge in [0.15, 0.2) is 11.5 Å². The Bertz CT molecular complexity index is 1300. The number of rotatable bonds is 10. The molecule has 0 unspecified atom stereocenters. The van der Waals surface area contributed by atoms with Crippen molar-refractivity contribution >= 4 is 21.6 Å². The lowest BCUT2D eigenvalue weighted by molar-refractivity contribution is -0.128. The van der Waals surface area contributed by atoms with Crippen molar-refractivity contribution < 1.29 is 31.8 Å². The van der Waals surface area contributed by atoms with Crippen molar-refractivity contribution in [1.82, 2.24) is 4.90 Å². The fourth-order valence-corrected chi connectivity index (χ4v) is 4.92. The van der Waals surface area contributed by atoms with Crippen LogP contribution in [-0.4, -0.2) is 54.1 Å². The minimum absolute atomic E-state index is 0.171. The third-order valence-electron chi connectivity index (χ3n) is 5.37. The van der Waals surface area contributed by atoms with E-state index in [2.05, 4.69) is 0 Å². The van der Waals surface area contributed by atoms with Crippen LogP contribution in [0, 0.1) is 5.82 Å². The number of likely N-dealkylation sites (N-methyl/N-ethyl adjacent to an activating group) is 1. The summed E-state index contributed by atoms with van der Waals surface area (Å²) >= 11 is 0. The average molecular weight is 503 g/mol. The first-order valence-electron chi connectivity index (χ1n) is 10.6. The summed E-state index contributed by atoms with van der Waals surface area (Å²) in [6.45, 7) is -0.451. The number of anilines is 1. The van der Waals surface area contributed by atoms with Gasteiger partial charge in [0.25, 0.3) is 10.0 Å². The molecule has 0 aliphatic rings. The van der Waals surface area contributed by atoms with Crippen molar-refractivity contribution in [2.45, 2.75) is 11.4 Å². The number of benzene rings is 3. The van der Waals surface area contributed by atoms with Gasteiger partial charge in [0, 0.05) is 25.2 Å². The van der Waals surface area contributed by atoms with Crippen molar-refractivity contribution in [3.8, 4) is 17.2 Å². The van der Waals surface area contributed by atoms with Crippen LogP contribution < -0.4 is 18.5 Å². The number of nitrogens with zero attached hydrogens (tertiary/aromatic N) is 2. The maximum Gasteiger partial charge on any atom is 0.265 e. The van der Waals surface area contributed by atoms with E-state index in [0.29, 0.717) is 11.5 Å². The SMILES string of the molecule is COc1ccccc1CN(C)C(=O)CN(c1ccccc1F)S(=O)(=O)c1ccc(OC)c(OC)c1. The van der Waals surface area contributed by atoms with Crippen molar-refractivity contribution in [2.75, 3.05) is 39.2 Å². The number of sulfonamides is 1. The molecule has 0 aliphatic heterocycles. The molecule has 3 aromatic carbocycles. The van der Waals surface area contributed by atoms with Gasteiger partial charge in [-0.05, 0) is 30.3 Å². The fourth-order valence-electron chi connectivity index (χ4n) is 3.48. The molecule has 0 aliphatic carbocycles. The Labute approximate surface area is 204 Å². The summed E-state index contributed by atoms with van der Waals surface area (Å²) in [6, 6.07) is 16.6. The smallest absolute Gasteiger partial charge is 0.265 e. The second-order valence-corrected chi connectivity index (χ2v) is 9.40. The van der Waals surface area contributed by atoms with Gasteiger partial charge in [-0.1, -0.05) is 30.3 Å². The highest BCUT2D eigenvalue weighted by molar-refractivity contribution is 7.92. The van der Waals surface area contributed by atoms with Gasteiger partial charge in [-0.3, -0.25) is 9.10 Å². The Morgan fingerprint density at radius 2 is 1.49 bits per heavy atom. The number of carbonyl (C=O) groups is 1. The molecule has 0 heterocycles. The monoisotopic (exact) mass is 502 g/mol. The second kappa shape index (κ2) is 11.1. The fraction of sp³-hybridized carbons (Fsp3) is 0.240. The predicted octanol–water partition coefficient (Wildman–Crippen LogP) is 3.71. The van der Waals surface area contributed by atoms with Gasteiger partial charge in [0.1, 0.15) is 18.1 Å². The third kappa shape index (κ3) is 5.65. The van der Waals surface area contributed by atoms with Crippen LogP contribution in [0.1, 0.15) is 5.56 Å².